The topological polar surface area (TPSA) is 0 Å². The van der Waals surface area contributed by atoms with Crippen molar-refractivity contribution in [3.05, 3.63) is 191 Å². The van der Waals surface area contributed by atoms with Crippen molar-refractivity contribution in [1.29, 1.82) is 0 Å². The van der Waals surface area contributed by atoms with Crippen LogP contribution in [0.1, 0.15) is 124 Å². The van der Waals surface area contributed by atoms with Gasteiger partial charge in [0, 0.05) is 15.5 Å². The molecule has 67 heavy (non-hydrogen) atoms. The van der Waals surface area contributed by atoms with Gasteiger partial charge in [-0.05, 0) is 138 Å². The van der Waals surface area contributed by atoms with Gasteiger partial charge >= 0.3 is 0 Å². The minimum atomic E-state index is -1.88. The fourth-order valence-corrected chi connectivity index (χ4v) is 18.2. The molecule has 0 aliphatic heterocycles. The summed E-state index contributed by atoms with van der Waals surface area (Å²) in [5.41, 5.74) is 24.8. The van der Waals surface area contributed by atoms with Crippen LogP contribution in [-0.4, -0.2) is 16.1 Å². The van der Waals surface area contributed by atoms with E-state index in [9.17, 15) is 0 Å². The Morgan fingerprint density at radius 3 is 1.25 bits per heavy atom. The SMILES string of the molecule is CCCCCCC1(CCCCCC)c2cc(-c3ccc4c(c3)C(C)([Si](C)(C)C)c3ccccc3-4)ccc2-c2ccc(-c3ccc4c(c3)C(Cc3ccccc3)([Si](C)(C)C)c3ccccc3-4)cc21. The lowest BCUT2D eigenvalue weighted by molar-refractivity contribution is 0.401. The highest BCUT2D eigenvalue weighted by Crippen LogP contribution is 2.59. The summed E-state index contributed by atoms with van der Waals surface area (Å²) in [4.78, 5) is 0. The third-order valence-corrected chi connectivity index (χ3v) is 24.3. The molecule has 3 aliphatic carbocycles. The van der Waals surface area contributed by atoms with Crippen LogP contribution in [0.25, 0.3) is 55.6 Å². The lowest BCUT2D eigenvalue weighted by Gasteiger charge is -2.43. The van der Waals surface area contributed by atoms with Gasteiger partial charge in [-0.15, -0.1) is 0 Å². The lowest BCUT2D eigenvalue weighted by atomic mass is 9.70. The Kier molecular flexibility index (Phi) is 11.9. The molecule has 7 aromatic carbocycles. The standard InChI is InChI=1S/C65H74Si2/c1-10-12-14-23-39-64(40-24-15-13-11-2)60-42-48(47-31-35-53-51-27-19-21-29-57(51)63(3,59(53)41-47)66(4,5)6)32-36-54(60)55-37-33-49(43-61(55)64)50-34-38-56-52-28-20-22-30-58(52)65(62(56)44-50,67(7,8)9)45-46-25-17-16-18-26-46/h16-22,25-38,41-44H,10-15,23-24,39-40,45H2,1-9H3. The zero-order valence-corrected chi connectivity index (χ0v) is 44.2. The van der Waals surface area contributed by atoms with Crippen LogP contribution in [0.2, 0.25) is 39.3 Å². The summed E-state index contributed by atoms with van der Waals surface area (Å²) >= 11 is 0. The molecule has 0 radical (unpaired) electrons. The highest BCUT2D eigenvalue weighted by Gasteiger charge is 2.52. The van der Waals surface area contributed by atoms with E-state index in [0.717, 1.165) is 6.42 Å². The minimum absolute atomic E-state index is 0.0275. The van der Waals surface area contributed by atoms with Crippen LogP contribution in [-0.2, 0) is 21.9 Å². The summed E-state index contributed by atoms with van der Waals surface area (Å²) in [6.45, 7) is 22.8. The molecular formula is C65H74Si2. The van der Waals surface area contributed by atoms with E-state index in [1.165, 1.54) is 148 Å². The summed E-state index contributed by atoms with van der Waals surface area (Å²) in [7, 11) is -3.57. The first kappa shape index (κ1) is 45.7. The van der Waals surface area contributed by atoms with Crippen molar-refractivity contribution in [2.45, 2.75) is 146 Å². The van der Waals surface area contributed by atoms with Crippen LogP contribution < -0.4 is 0 Å². The van der Waals surface area contributed by atoms with Crippen molar-refractivity contribution in [2.75, 3.05) is 0 Å². The Morgan fingerprint density at radius 2 is 0.761 bits per heavy atom. The van der Waals surface area contributed by atoms with Crippen molar-refractivity contribution >= 4 is 16.1 Å². The molecule has 2 heteroatoms. The number of fused-ring (bicyclic) bond motifs is 9. The van der Waals surface area contributed by atoms with Crippen molar-refractivity contribution in [3.63, 3.8) is 0 Å². The summed E-state index contributed by atoms with van der Waals surface area (Å²) in [5, 5.41) is 0.0199. The van der Waals surface area contributed by atoms with Crippen molar-refractivity contribution in [3.8, 4) is 55.6 Å². The molecule has 0 spiro atoms. The van der Waals surface area contributed by atoms with Crippen molar-refractivity contribution in [2.24, 2.45) is 0 Å². The maximum atomic E-state index is 2.68. The molecule has 0 saturated heterocycles. The molecule has 3 aliphatic rings. The number of unbranched alkanes of at least 4 members (excludes halogenated alkanes) is 6. The smallest absolute Gasteiger partial charge is 0.0617 e. The van der Waals surface area contributed by atoms with Crippen LogP contribution >= 0.6 is 0 Å². The van der Waals surface area contributed by atoms with Gasteiger partial charge < -0.3 is 0 Å². The van der Waals surface area contributed by atoms with E-state index in [2.05, 4.69) is 212 Å². The minimum Gasteiger partial charge on any atom is -0.0686 e. The summed E-state index contributed by atoms with van der Waals surface area (Å²) < 4.78 is 0. The average Bonchev–Trinajstić information content (AvgIpc) is 3.88. The zero-order valence-electron chi connectivity index (χ0n) is 42.2. The van der Waals surface area contributed by atoms with Crippen LogP contribution in [0.4, 0.5) is 0 Å². The molecular weight excluding hydrogens is 837 g/mol. The third-order valence-electron chi connectivity index (χ3n) is 17.5. The number of hydrogen-bond acceptors (Lipinski definition) is 0. The second-order valence-corrected chi connectivity index (χ2v) is 33.9. The summed E-state index contributed by atoms with van der Waals surface area (Å²) in [6.07, 6.45) is 13.7. The number of benzene rings is 7. The molecule has 0 N–H and O–H groups in total. The monoisotopic (exact) mass is 911 g/mol. The first-order chi connectivity index (χ1) is 32.3. The first-order valence-corrected chi connectivity index (χ1v) is 33.1. The molecule has 0 amide bonds. The first-order valence-electron chi connectivity index (χ1n) is 26.1. The molecule has 0 aromatic heterocycles. The summed E-state index contributed by atoms with van der Waals surface area (Å²) in [5.74, 6) is 0. The van der Waals surface area contributed by atoms with E-state index in [1.54, 1.807) is 11.1 Å². The zero-order chi connectivity index (χ0) is 46.8. The van der Waals surface area contributed by atoms with Crippen molar-refractivity contribution < 1.29 is 0 Å². The van der Waals surface area contributed by atoms with Crippen LogP contribution in [0.3, 0.4) is 0 Å². The highest BCUT2D eigenvalue weighted by atomic mass is 28.3. The van der Waals surface area contributed by atoms with Gasteiger partial charge in [0.05, 0.1) is 16.1 Å². The molecule has 0 bridgehead atoms. The Hall–Kier alpha value is -5.03. The van der Waals surface area contributed by atoms with Gasteiger partial charge in [-0.1, -0.05) is 239 Å². The maximum Gasteiger partial charge on any atom is 0.0617 e. The van der Waals surface area contributed by atoms with Gasteiger partial charge in [0.15, 0.2) is 0 Å². The third kappa shape index (κ3) is 7.34. The van der Waals surface area contributed by atoms with Gasteiger partial charge in [0.2, 0.25) is 0 Å². The predicted molar refractivity (Wildman–Crippen MR) is 296 cm³/mol. The molecule has 342 valence electrons. The Morgan fingerprint density at radius 1 is 0.358 bits per heavy atom. The van der Waals surface area contributed by atoms with E-state index in [0.29, 0.717) is 0 Å². The van der Waals surface area contributed by atoms with E-state index in [1.807, 2.05) is 0 Å². The second kappa shape index (κ2) is 17.5. The molecule has 2 atom stereocenters. The molecule has 0 saturated carbocycles. The van der Waals surface area contributed by atoms with Crippen LogP contribution in [0, 0.1) is 0 Å². The van der Waals surface area contributed by atoms with E-state index < -0.39 is 16.1 Å². The van der Waals surface area contributed by atoms with E-state index in [-0.39, 0.29) is 15.5 Å². The normalized spacial score (nSPS) is 18.5. The maximum absolute atomic E-state index is 2.68. The average molecular weight is 911 g/mol. The van der Waals surface area contributed by atoms with Crippen molar-refractivity contribution in [1.82, 2.24) is 0 Å². The molecule has 2 unspecified atom stereocenters. The van der Waals surface area contributed by atoms with Gasteiger partial charge in [-0.2, -0.15) is 0 Å². The van der Waals surface area contributed by atoms with Gasteiger partial charge in [-0.25, -0.2) is 0 Å². The molecule has 0 heterocycles. The van der Waals surface area contributed by atoms with E-state index >= 15 is 0 Å². The fraction of sp³-hybridized carbons (Fsp3) is 0.354. The number of rotatable bonds is 16. The van der Waals surface area contributed by atoms with Crippen LogP contribution in [0.5, 0.6) is 0 Å². The van der Waals surface area contributed by atoms with Gasteiger partial charge in [0.25, 0.3) is 0 Å². The van der Waals surface area contributed by atoms with Crippen LogP contribution in [0.15, 0.2) is 152 Å². The fourth-order valence-electron chi connectivity index (χ4n) is 13.4. The molecule has 0 nitrogen and oxygen atoms in total. The molecule has 7 aromatic rings. The Labute approximate surface area is 406 Å². The highest BCUT2D eigenvalue weighted by molar-refractivity contribution is 6.80. The second-order valence-electron chi connectivity index (χ2n) is 23.0. The summed E-state index contributed by atoms with van der Waals surface area (Å²) in [6, 6.07) is 60.3. The molecule has 0 fully saturated rings. The molecule has 10 rings (SSSR count). The van der Waals surface area contributed by atoms with Gasteiger partial charge in [0.1, 0.15) is 0 Å². The Balaban J connectivity index is 1.12. The quantitative estimate of drug-likeness (QED) is 0.0669. The van der Waals surface area contributed by atoms with Gasteiger partial charge in [-0.3, -0.25) is 0 Å². The largest absolute Gasteiger partial charge is 0.0686 e. The Bertz CT molecular complexity index is 2950. The predicted octanol–water partition coefficient (Wildman–Crippen LogP) is 18.8. The number of hydrogen-bond donors (Lipinski definition) is 0. The lowest BCUT2D eigenvalue weighted by Crippen LogP contribution is -2.50. The van der Waals surface area contributed by atoms with E-state index in [4.69, 9.17) is 0 Å².